The number of aromatic amines is 1. The van der Waals surface area contributed by atoms with Gasteiger partial charge in [-0.1, -0.05) is 45.0 Å². The maximum absolute atomic E-state index is 13.0. The number of hydrogen-bond acceptors (Lipinski definition) is 3. The van der Waals surface area contributed by atoms with E-state index < -0.39 is 0 Å². The first-order chi connectivity index (χ1) is 14.3. The molecule has 2 atom stereocenters. The number of H-pyrrole nitrogens is 1. The van der Waals surface area contributed by atoms with E-state index >= 15 is 0 Å². The lowest BCUT2D eigenvalue weighted by molar-refractivity contribution is -0.343. The summed E-state index contributed by atoms with van der Waals surface area (Å²) < 4.78 is 5.46. The minimum absolute atomic E-state index is 0.246. The second-order valence-electron chi connectivity index (χ2n) is 10.3. The van der Waals surface area contributed by atoms with E-state index in [0.717, 1.165) is 29.6 Å². The van der Waals surface area contributed by atoms with Crippen molar-refractivity contribution in [2.75, 3.05) is 18.1 Å². The molecular weight excluding hydrogens is 372 g/mol. The quantitative estimate of drug-likeness (QED) is 0.435. The Morgan fingerprint density at radius 2 is 1.93 bits per heavy atom. The van der Waals surface area contributed by atoms with E-state index in [4.69, 9.17) is 4.74 Å². The number of esters is 1. The molecule has 2 bridgehead atoms. The molecule has 2 fully saturated rings. The molecule has 1 aromatic heterocycles. The van der Waals surface area contributed by atoms with E-state index in [1.807, 2.05) is 13.1 Å². The molecule has 2 aliphatic rings. The number of aromatic nitrogens is 1. The first kappa shape index (κ1) is 19.3. The lowest BCUT2D eigenvalue weighted by Crippen LogP contribution is -2.35. The predicted molar refractivity (Wildman–Crippen MR) is 121 cm³/mol. The van der Waals surface area contributed by atoms with Crippen LogP contribution in [0.5, 0.6) is 0 Å². The Balaban J connectivity index is 1.75. The van der Waals surface area contributed by atoms with Gasteiger partial charge in [0, 0.05) is 12.6 Å². The first-order valence-corrected chi connectivity index (χ1v) is 11.1. The zero-order valence-electron chi connectivity index (χ0n) is 18.4. The van der Waals surface area contributed by atoms with Gasteiger partial charge in [0.15, 0.2) is 6.20 Å². The Labute approximate surface area is 178 Å². The molecule has 1 aliphatic heterocycles. The Kier molecular flexibility index (Phi) is 4.32. The first-order valence-electron chi connectivity index (χ1n) is 11.1. The number of hydrogen-bond donors (Lipinski definition) is 0. The Morgan fingerprint density at radius 1 is 1.13 bits per heavy atom. The minimum Gasteiger partial charge on any atom is -0.462 e. The van der Waals surface area contributed by atoms with Crippen molar-refractivity contribution in [3.8, 4) is 0 Å². The summed E-state index contributed by atoms with van der Waals surface area (Å²) in [7, 11) is 0. The zero-order chi connectivity index (χ0) is 21.1. The fourth-order valence-electron chi connectivity index (χ4n) is 6.38. The van der Waals surface area contributed by atoms with Gasteiger partial charge in [-0.2, -0.15) is 0 Å². The normalized spacial score (nSPS) is 25.1. The highest BCUT2D eigenvalue weighted by Crippen LogP contribution is 2.54. The molecule has 3 aromatic rings. The highest BCUT2D eigenvalue weighted by atomic mass is 16.5. The number of rotatable bonds is 3. The van der Waals surface area contributed by atoms with E-state index in [1.165, 1.54) is 23.6 Å². The summed E-state index contributed by atoms with van der Waals surface area (Å²) in [6.07, 6.45) is 5.42. The third-order valence-corrected chi connectivity index (χ3v) is 7.00. The van der Waals surface area contributed by atoms with Crippen LogP contribution in [-0.4, -0.2) is 25.2 Å². The van der Waals surface area contributed by atoms with Crippen molar-refractivity contribution in [3.63, 3.8) is 0 Å². The molecule has 2 heterocycles. The minimum atomic E-state index is -0.246. The van der Waals surface area contributed by atoms with E-state index in [1.54, 1.807) is 0 Å². The molecule has 156 valence electrons. The van der Waals surface area contributed by atoms with Crippen LogP contribution in [0.25, 0.3) is 21.7 Å². The third-order valence-electron chi connectivity index (χ3n) is 7.00. The highest BCUT2D eigenvalue weighted by molar-refractivity contribution is 6.11. The van der Waals surface area contributed by atoms with Gasteiger partial charge in [0.25, 0.3) is 0 Å². The van der Waals surface area contributed by atoms with Gasteiger partial charge >= 0.3 is 5.97 Å². The standard InChI is InChI=1S/C26H30N2O2/c1-5-30-24(29)21-14-27-22-19-9-7-6-8-17(19)10-11-20(22)23(21)28-16-26(4)13-18(28)12-25(2,3)15-26/h6-11,14,18H,5,12-13,15-16H2,1-4H3/p+1/t18-,26-/m0/s1. The van der Waals surface area contributed by atoms with Crippen molar-refractivity contribution in [2.24, 2.45) is 10.8 Å². The zero-order valence-corrected chi connectivity index (χ0v) is 18.4. The molecule has 1 saturated heterocycles. The van der Waals surface area contributed by atoms with Crippen molar-refractivity contribution < 1.29 is 14.5 Å². The van der Waals surface area contributed by atoms with Gasteiger partial charge in [0.05, 0.1) is 23.1 Å². The number of pyridine rings is 1. The van der Waals surface area contributed by atoms with Crippen LogP contribution in [0.1, 0.15) is 57.3 Å². The summed E-state index contributed by atoms with van der Waals surface area (Å²) in [4.78, 5) is 18.9. The molecule has 2 aromatic carbocycles. The summed E-state index contributed by atoms with van der Waals surface area (Å²) in [5.74, 6) is -0.246. The van der Waals surface area contributed by atoms with Gasteiger partial charge < -0.3 is 9.64 Å². The summed E-state index contributed by atoms with van der Waals surface area (Å²) in [5, 5.41) is 3.48. The molecule has 4 heteroatoms. The topological polar surface area (TPSA) is 43.7 Å². The van der Waals surface area contributed by atoms with Crippen LogP contribution < -0.4 is 9.88 Å². The van der Waals surface area contributed by atoms with Crippen LogP contribution in [0.15, 0.2) is 42.6 Å². The summed E-state index contributed by atoms with van der Waals surface area (Å²) >= 11 is 0. The van der Waals surface area contributed by atoms with Gasteiger partial charge in [0.1, 0.15) is 5.56 Å². The molecule has 4 nitrogen and oxygen atoms in total. The van der Waals surface area contributed by atoms with Crippen molar-refractivity contribution in [2.45, 2.75) is 53.0 Å². The van der Waals surface area contributed by atoms with Gasteiger partial charge in [-0.05, 0) is 54.5 Å². The van der Waals surface area contributed by atoms with Gasteiger partial charge in [0.2, 0.25) is 5.52 Å². The van der Waals surface area contributed by atoms with Crippen LogP contribution >= 0.6 is 0 Å². The molecule has 30 heavy (non-hydrogen) atoms. The van der Waals surface area contributed by atoms with Crippen molar-refractivity contribution in [1.82, 2.24) is 0 Å². The smallest absolute Gasteiger partial charge is 0.346 e. The lowest BCUT2D eigenvalue weighted by Gasteiger charge is -2.39. The summed E-state index contributed by atoms with van der Waals surface area (Å²) in [6, 6.07) is 13.2. The molecule has 1 aliphatic carbocycles. The van der Waals surface area contributed by atoms with E-state index in [-0.39, 0.29) is 11.4 Å². The van der Waals surface area contributed by atoms with Crippen LogP contribution in [0.3, 0.4) is 0 Å². The summed E-state index contributed by atoms with van der Waals surface area (Å²) in [6.45, 7) is 10.4. The molecule has 1 N–H and O–H groups in total. The number of nitrogens with zero attached hydrogens (tertiary/aromatic N) is 1. The van der Waals surface area contributed by atoms with Crippen LogP contribution in [0.4, 0.5) is 5.69 Å². The second-order valence-corrected chi connectivity index (χ2v) is 10.3. The molecule has 0 radical (unpaired) electrons. The number of carbonyl (C=O) groups is 1. The Bertz CT molecular complexity index is 1150. The predicted octanol–water partition coefficient (Wildman–Crippen LogP) is 5.39. The number of ether oxygens (including phenoxy) is 1. The van der Waals surface area contributed by atoms with Crippen molar-refractivity contribution >= 4 is 33.3 Å². The second kappa shape index (κ2) is 6.69. The fraction of sp³-hybridized carbons (Fsp3) is 0.462. The van der Waals surface area contributed by atoms with Crippen LogP contribution in [0, 0.1) is 10.8 Å². The Hall–Kier alpha value is -2.62. The van der Waals surface area contributed by atoms with Crippen LogP contribution in [0.2, 0.25) is 0 Å². The van der Waals surface area contributed by atoms with E-state index in [0.29, 0.717) is 23.6 Å². The lowest BCUT2D eigenvalue weighted by atomic mass is 9.65. The SMILES string of the molecule is CCOC(=O)c1c[nH+]c2c(ccc3ccccc32)c1N1C[C@@]2(C)C[C@@H]1CC(C)(C)C2. The number of nitrogens with one attached hydrogen (secondary N) is 1. The molecule has 0 unspecified atom stereocenters. The largest absolute Gasteiger partial charge is 0.462 e. The van der Waals surface area contributed by atoms with E-state index in [9.17, 15) is 4.79 Å². The van der Waals surface area contributed by atoms with Crippen molar-refractivity contribution in [1.29, 1.82) is 0 Å². The van der Waals surface area contributed by atoms with Gasteiger partial charge in [-0.25, -0.2) is 9.78 Å². The number of anilines is 1. The van der Waals surface area contributed by atoms with E-state index in [2.05, 4.69) is 67.1 Å². The number of benzene rings is 2. The molecule has 0 amide bonds. The third kappa shape index (κ3) is 3.05. The maximum Gasteiger partial charge on any atom is 0.346 e. The monoisotopic (exact) mass is 403 g/mol. The molecule has 0 spiro atoms. The Morgan fingerprint density at radius 3 is 2.73 bits per heavy atom. The molecule has 5 rings (SSSR count). The number of fused-ring (bicyclic) bond motifs is 5. The summed E-state index contributed by atoms with van der Waals surface area (Å²) in [5.41, 5.74) is 3.37. The number of carbonyl (C=O) groups excluding carboxylic acids is 1. The van der Waals surface area contributed by atoms with Crippen LogP contribution in [-0.2, 0) is 4.74 Å². The van der Waals surface area contributed by atoms with Crippen molar-refractivity contribution in [3.05, 3.63) is 48.2 Å². The average Bonchev–Trinajstić information content (AvgIpc) is 2.95. The molecular formula is C26H31N2O2+. The average molecular weight is 404 g/mol. The fourth-order valence-corrected chi connectivity index (χ4v) is 6.38. The van der Waals surface area contributed by atoms with Gasteiger partial charge in [-0.15, -0.1) is 0 Å². The highest BCUT2D eigenvalue weighted by Gasteiger charge is 2.50. The van der Waals surface area contributed by atoms with Gasteiger partial charge in [-0.3, -0.25) is 0 Å². The maximum atomic E-state index is 13.0. The molecule has 1 saturated carbocycles.